The Balaban J connectivity index is 2.16. The zero-order valence-electron chi connectivity index (χ0n) is 11.1. The first-order valence-electron chi connectivity index (χ1n) is 6.53. The predicted molar refractivity (Wildman–Crippen MR) is 75.1 cm³/mol. The SMILES string of the molecule is CN1CCC(Nc2cccc([N+](=O)[O-])c2CN)CC1. The minimum Gasteiger partial charge on any atom is -0.382 e. The fourth-order valence-electron chi connectivity index (χ4n) is 2.47. The van der Waals surface area contributed by atoms with Gasteiger partial charge in [0.05, 0.1) is 10.5 Å². The van der Waals surface area contributed by atoms with Gasteiger partial charge in [0.25, 0.3) is 5.69 Å². The Bertz CT molecular complexity index is 456. The second-order valence-electron chi connectivity index (χ2n) is 4.99. The molecular formula is C13H20N4O2. The van der Waals surface area contributed by atoms with Crippen LogP contribution in [0.2, 0.25) is 0 Å². The van der Waals surface area contributed by atoms with E-state index in [0.717, 1.165) is 31.6 Å². The number of likely N-dealkylation sites (tertiary alicyclic amines) is 1. The number of nitro benzene ring substituents is 1. The lowest BCUT2D eigenvalue weighted by molar-refractivity contribution is -0.385. The molecule has 1 saturated heterocycles. The Labute approximate surface area is 112 Å². The van der Waals surface area contributed by atoms with Crippen molar-refractivity contribution in [2.45, 2.75) is 25.4 Å². The van der Waals surface area contributed by atoms with Crippen LogP contribution < -0.4 is 11.1 Å². The molecule has 1 aromatic carbocycles. The lowest BCUT2D eigenvalue weighted by Crippen LogP contribution is -2.37. The minimum atomic E-state index is -0.373. The molecule has 3 N–H and O–H groups in total. The standard InChI is InChI=1S/C13H20N4O2/c1-16-7-5-10(6-8-16)15-12-3-2-4-13(17(18)19)11(12)9-14/h2-4,10,15H,5-9,14H2,1H3. The third kappa shape index (κ3) is 3.21. The molecule has 0 bridgehead atoms. The van der Waals surface area contributed by atoms with E-state index in [1.54, 1.807) is 6.07 Å². The van der Waals surface area contributed by atoms with Crippen molar-refractivity contribution < 1.29 is 4.92 Å². The second-order valence-corrected chi connectivity index (χ2v) is 4.99. The van der Waals surface area contributed by atoms with Crippen LogP contribution in [0.4, 0.5) is 11.4 Å². The Morgan fingerprint density at radius 3 is 2.74 bits per heavy atom. The fraction of sp³-hybridized carbons (Fsp3) is 0.538. The molecule has 1 fully saturated rings. The summed E-state index contributed by atoms with van der Waals surface area (Å²) in [5, 5.41) is 14.4. The van der Waals surface area contributed by atoms with Gasteiger partial charge in [-0.05, 0) is 39.0 Å². The molecule has 0 saturated carbocycles. The molecule has 0 aliphatic carbocycles. The van der Waals surface area contributed by atoms with E-state index in [9.17, 15) is 10.1 Å². The third-order valence-electron chi connectivity index (χ3n) is 3.63. The Kier molecular flexibility index (Phi) is 4.34. The maximum absolute atomic E-state index is 11.0. The fourth-order valence-corrected chi connectivity index (χ4v) is 2.47. The number of piperidine rings is 1. The van der Waals surface area contributed by atoms with Crippen molar-refractivity contribution in [3.8, 4) is 0 Å². The zero-order valence-corrected chi connectivity index (χ0v) is 11.1. The summed E-state index contributed by atoms with van der Waals surface area (Å²) in [7, 11) is 2.11. The van der Waals surface area contributed by atoms with Gasteiger partial charge in [-0.2, -0.15) is 0 Å². The summed E-state index contributed by atoms with van der Waals surface area (Å²) in [6.07, 6.45) is 2.09. The second kappa shape index (κ2) is 5.99. The van der Waals surface area contributed by atoms with Gasteiger partial charge in [0.1, 0.15) is 0 Å². The topological polar surface area (TPSA) is 84.4 Å². The van der Waals surface area contributed by atoms with E-state index in [1.165, 1.54) is 6.07 Å². The monoisotopic (exact) mass is 264 g/mol. The molecule has 0 aromatic heterocycles. The molecule has 0 spiro atoms. The number of rotatable bonds is 4. The smallest absolute Gasteiger partial charge is 0.275 e. The molecule has 1 aliphatic rings. The number of nitro groups is 1. The average Bonchev–Trinajstić information content (AvgIpc) is 2.41. The molecule has 0 unspecified atom stereocenters. The van der Waals surface area contributed by atoms with Crippen LogP contribution in [-0.2, 0) is 6.54 Å². The van der Waals surface area contributed by atoms with Gasteiger partial charge in [-0.25, -0.2) is 0 Å². The summed E-state index contributed by atoms with van der Waals surface area (Å²) in [5.74, 6) is 0. The number of nitrogens with two attached hydrogens (primary N) is 1. The molecule has 6 heteroatoms. The third-order valence-corrected chi connectivity index (χ3v) is 3.63. The van der Waals surface area contributed by atoms with E-state index in [4.69, 9.17) is 5.73 Å². The summed E-state index contributed by atoms with van der Waals surface area (Å²) in [6, 6.07) is 5.44. The number of nitrogens with zero attached hydrogens (tertiary/aromatic N) is 2. The number of anilines is 1. The van der Waals surface area contributed by atoms with Crippen molar-refractivity contribution in [2.24, 2.45) is 5.73 Å². The van der Waals surface area contributed by atoms with Crippen LogP contribution >= 0.6 is 0 Å². The summed E-state index contributed by atoms with van der Waals surface area (Å²) in [6.45, 7) is 2.27. The lowest BCUT2D eigenvalue weighted by atomic mass is 10.0. The average molecular weight is 264 g/mol. The number of hydrogen-bond acceptors (Lipinski definition) is 5. The first-order valence-corrected chi connectivity index (χ1v) is 6.53. The molecule has 0 atom stereocenters. The van der Waals surface area contributed by atoms with Gasteiger partial charge in [-0.3, -0.25) is 10.1 Å². The van der Waals surface area contributed by atoms with Gasteiger partial charge >= 0.3 is 0 Å². The Morgan fingerprint density at radius 1 is 1.47 bits per heavy atom. The lowest BCUT2D eigenvalue weighted by Gasteiger charge is -2.30. The maximum atomic E-state index is 11.0. The largest absolute Gasteiger partial charge is 0.382 e. The van der Waals surface area contributed by atoms with E-state index in [-0.39, 0.29) is 17.2 Å². The highest BCUT2D eigenvalue weighted by atomic mass is 16.6. The van der Waals surface area contributed by atoms with E-state index in [2.05, 4.69) is 17.3 Å². The number of benzene rings is 1. The van der Waals surface area contributed by atoms with Crippen molar-refractivity contribution in [3.05, 3.63) is 33.9 Å². The Hall–Kier alpha value is -1.66. The van der Waals surface area contributed by atoms with Crippen LogP contribution in [0.15, 0.2) is 18.2 Å². The van der Waals surface area contributed by atoms with Crippen molar-refractivity contribution in [3.63, 3.8) is 0 Å². The van der Waals surface area contributed by atoms with Crippen LogP contribution in [0.5, 0.6) is 0 Å². The highest BCUT2D eigenvalue weighted by Gasteiger charge is 2.20. The molecule has 1 aromatic rings. The molecule has 104 valence electrons. The van der Waals surface area contributed by atoms with Gasteiger partial charge in [0.2, 0.25) is 0 Å². The first kappa shape index (κ1) is 13.8. The Morgan fingerprint density at radius 2 is 2.16 bits per heavy atom. The first-order chi connectivity index (χ1) is 9.11. The van der Waals surface area contributed by atoms with Crippen LogP contribution in [0.3, 0.4) is 0 Å². The maximum Gasteiger partial charge on any atom is 0.275 e. The van der Waals surface area contributed by atoms with Gasteiger partial charge < -0.3 is 16.0 Å². The highest BCUT2D eigenvalue weighted by molar-refractivity contribution is 5.61. The molecule has 0 radical (unpaired) electrons. The van der Waals surface area contributed by atoms with Crippen LogP contribution in [0, 0.1) is 10.1 Å². The molecule has 2 rings (SSSR count). The van der Waals surface area contributed by atoms with Crippen LogP contribution in [0.1, 0.15) is 18.4 Å². The summed E-state index contributed by atoms with van der Waals surface area (Å²) in [4.78, 5) is 12.9. The molecule has 1 heterocycles. The predicted octanol–water partition coefficient (Wildman–Crippen LogP) is 1.56. The van der Waals surface area contributed by atoms with E-state index < -0.39 is 0 Å². The van der Waals surface area contributed by atoms with E-state index in [0.29, 0.717) is 11.6 Å². The van der Waals surface area contributed by atoms with Gasteiger partial charge in [0.15, 0.2) is 0 Å². The summed E-state index contributed by atoms with van der Waals surface area (Å²) < 4.78 is 0. The molecule has 6 nitrogen and oxygen atoms in total. The summed E-state index contributed by atoms with van der Waals surface area (Å²) >= 11 is 0. The van der Waals surface area contributed by atoms with Gasteiger partial charge in [0, 0.05) is 24.3 Å². The molecule has 0 amide bonds. The molecule has 1 aliphatic heterocycles. The van der Waals surface area contributed by atoms with Crippen molar-refractivity contribution in [1.82, 2.24) is 4.90 Å². The zero-order chi connectivity index (χ0) is 13.8. The van der Waals surface area contributed by atoms with Crippen LogP contribution in [0.25, 0.3) is 0 Å². The van der Waals surface area contributed by atoms with Crippen LogP contribution in [-0.4, -0.2) is 36.0 Å². The van der Waals surface area contributed by atoms with Crippen molar-refractivity contribution in [1.29, 1.82) is 0 Å². The molecular weight excluding hydrogens is 244 g/mol. The van der Waals surface area contributed by atoms with Gasteiger partial charge in [-0.1, -0.05) is 6.07 Å². The number of nitrogens with one attached hydrogen (secondary N) is 1. The summed E-state index contributed by atoms with van der Waals surface area (Å²) in [5.41, 5.74) is 7.15. The van der Waals surface area contributed by atoms with Crippen molar-refractivity contribution in [2.75, 3.05) is 25.5 Å². The quantitative estimate of drug-likeness (QED) is 0.637. The van der Waals surface area contributed by atoms with E-state index >= 15 is 0 Å². The minimum absolute atomic E-state index is 0.0976. The van der Waals surface area contributed by atoms with Crippen molar-refractivity contribution >= 4 is 11.4 Å². The number of hydrogen-bond donors (Lipinski definition) is 2. The highest BCUT2D eigenvalue weighted by Crippen LogP contribution is 2.27. The normalized spacial score (nSPS) is 17.4. The van der Waals surface area contributed by atoms with Gasteiger partial charge in [-0.15, -0.1) is 0 Å². The molecule has 19 heavy (non-hydrogen) atoms. The van der Waals surface area contributed by atoms with E-state index in [1.807, 2.05) is 6.07 Å².